The van der Waals surface area contributed by atoms with Gasteiger partial charge in [-0.15, -0.1) is 11.3 Å². The number of nitrogens with zero attached hydrogens (tertiary/aromatic N) is 1. The van der Waals surface area contributed by atoms with Crippen LogP contribution in [0.2, 0.25) is 0 Å². The highest BCUT2D eigenvalue weighted by Crippen LogP contribution is 2.60. The quantitative estimate of drug-likeness (QED) is 0.593. The fraction of sp³-hybridized carbons (Fsp3) is 0.625. The lowest BCUT2D eigenvalue weighted by Gasteiger charge is -2.47. The summed E-state index contributed by atoms with van der Waals surface area (Å²) in [4.78, 5) is 17.5. The first-order valence-electron chi connectivity index (χ1n) is 7.95. The van der Waals surface area contributed by atoms with Gasteiger partial charge in [-0.2, -0.15) is 10.6 Å². The summed E-state index contributed by atoms with van der Waals surface area (Å²) in [6.07, 6.45) is 2.03. The van der Waals surface area contributed by atoms with Crippen LogP contribution in [0.15, 0.2) is 16.4 Å². The number of amides is 1. The van der Waals surface area contributed by atoms with Gasteiger partial charge in [0.25, 0.3) is 5.91 Å². The van der Waals surface area contributed by atoms with Crippen molar-refractivity contribution < 1.29 is 23.7 Å². The standard InChI is InChI=1S/C16H26N2O5S2/c1-15(2,10-19)12-9-24-14(17-12)18-13(20)16(3,4)25(21,22)11-5-7-23-8-6-11/h5,9,19,21-22H,6-8,10H2,1-4H3,(H,17,18,20). The SMILES string of the molecule is CC(C)(CO)c1csc(NC(=O)C(C)(C)S(O)(O)C2=CCOCC2)n1. The first-order chi connectivity index (χ1) is 11.5. The molecule has 2 rings (SSSR count). The molecular weight excluding hydrogens is 364 g/mol. The first-order valence-corrected chi connectivity index (χ1v) is 10.4. The van der Waals surface area contributed by atoms with Crippen LogP contribution in [-0.4, -0.2) is 49.7 Å². The second kappa shape index (κ2) is 7.34. The lowest BCUT2D eigenvalue weighted by atomic mass is 9.92. The molecule has 0 aromatic carbocycles. The maximum atomic E-state index is 12.7. The number of aliphatic hydroxyl groups excluding tert-OH is 1. The minimum absolute atomic E-state index is 0.0631. The molecule has 142 valence electrons. The molecule has 25 heavy (non-hydrogen) atoms. The summed E-state index contributed by atoms with van der Waals surface area (Å²) in [5, 5.41) is 14.2. The molecule has 0 aliphatic carbocycles. The fourth-order valence-corrected chi connectivity index (χ4v) is 4.73. The Bertz CT molecular complexity index is 667. The Labute approximate surface area is 153 Å². The number of aliphatic hydroxyl groups is 1. The molecular formula is C16H26N2O5S2. The van der Waals surface area contributed by atoms with Gasteiger partial charge in [0.05, 0.1) is 25.5 Å². The Balaban J connectivity index is 2.17. The summed E-state index contributed by atoms with van der Waals surface area (Å²) in [5.41, 5.74) is 0.164. The number of carbonyl (C=O) groups is 1. The van der Waals surface area contributed by atoms with Crippen molar-refractivity contribution in [2.45, 2.75) is 44.3 Å². The van der Waals surface area contributed by atoms with E-state index in [1.807, 2.05) is 13.8 Å². The van der Waals surface area contributed by atoms with Gasteiger partial charge in [0.15, 0.2) is 5.13 Å². The third kappa shape index (κ3) is 4.07. The number of nitrogens with one attached hydrogen (secondary N) is 1. The molecule has 2 heterocycles. The molecule has 1 amide bonds. The van der Waals surface area contributed by atoms with Crippen molar-refractivity contribution in [3.8, 4) is 0 Å². The van der Waals surface area contributed by atoms with Crippen LogP contribution in [0.4, 0.5) is 5.13 Å². The van der Waals surface area contributed by atoms with E-state index in [2.05, 4.69) is 10.3 Å². The molecule has 0 saturated heterocycles. The minimum Gasteiger partial charge on any atom is -0.395 e. The van der Waals surface area contributed by atoms with Gasteiger partial charge in [-0.25, -0.2) is 4.98 Å². The predicted molar refractivity (Wildman–Crippen MR) is 101 cm³/mol. The largest absolute Gasteiger partial charge is 0.395 e. The third-order valence-corrected chi connectivity index (χ3v) is 7.83. The van der Waals surface area contributed by atoms with Crippen LogP contribution < -0.4 is 5.32 Å². The lowest BCUT2D eigenvalue weighted by molar-refractivity contribution is -0.118. The number of hydrogen-bond acceptors (Lipinski definition) is 7. The summed E-state index contributed by atoms with van der Waals surface area (Å²) in [5.74, 6) is -0.511. The van der Waals surface area contributed by atoms with Crippen LogP contribution in [0.1, 0.15) is 39.8 Å². The van der Waals surface area contributed by atoms with Crippen LogP contribution in [0.25, 0.3) is 0 Å². The van der Waals surface area contributed by atoms with Gasteiger partial charge in [0, 0.05) is 22.1 Å². The zero-order chi connectivity index (χ0) is 18.9. The van der Waals surface area contributed by atoms with E-state index in [9.17, 15) is 19.0 Å². The minimum atomic E-state index is -3.30. The second-order valence-corrected chi connectivity index (χ2v) is 10.6. The van der Waals surface area contributed by atoms with Crippen LogP contribution >= 0.6 is 21.9 Å². The topological polar surface area (TPSA) is 112 Å². The number of aromatic nitrogens is 1. The van der Waals surface area contributed by atoms with E-state index in [1.165, 1.54) is 25.2 Å². The average Bonchev–Trinajstić information content (AvgIpc) is 3.04. The maximum absolute atomic E-state index is 12.7. The van der Waals surface area contributed by atoms with E-state index >= 15 is 0 Å². The van der Waals surface area contributed by atoms with Gasteiger partial charge in [0.2, 0.25) is 0 Å². The van der Waals surface area contributed by atoms with E-state index in [4.69, 9.17) is 4.74 Å². The third-order valence-electron chi connectivity index (χ3n) is 4.36. The molecule has 0 unspecified atom stereocenters. The maximum Gasteiger partial charge on any atom is 0.251 e. The lowest BCUT2D eigenvalue weighted by Crippen LogP contribution is -2.42. The number of thiazole rings is 1. The molecule has 1 aromatic heterocycles. The van der Waals surface area contributed by atoms with Crippen molar-refractivity contribution in [2.75, 3.05) is 25.1 Å². The molecule has 0 fully saturated rings. The van der Waals surface area contributed by atoms with Crippen LogP contribution in [0.5, 0.6) is 0 Å². The predicted octanol–water partition coefficient (Wildman–Crippen LogP) is 3.18. The molecule has 9 heteroatoms. The highest BCUT2D eigenvalue weighted by molar-refractivity contribution is 8.29. The molecule has 0 spiro atoms. The zero-order valence-electron chi connectivity index (χ0n) is 14.9. The van der Waals surface area contributed by atoms with Crippen LogP contribution in [0, 0.1) is 0 Å². The van der Waals surface area contributed by atoms with Crippen LogP contribution in [0.3, 0.4) is 0 Å². The number of hydrogen-bond donors (Lipinski definition) is 4. The molecule has 1 aromatic rings. The van der Waals surface area contributed by atoms with Gasteiger partial charge in [-0.3, -0.25) is 13.9 Å². The summed E-state index contributed by atoms with van der Waals surface area (Å²) in [6.45, 7) is 7.39. The molecule has 0 saturated carbocycles. The number of carbonyl (C=O) groups excluding carboxylic acids is 1. The van der Waals surface area contributed by atoms with Gasteiger partial charge in [-0.1, -0.05) is 13.8 Å². The summed E-state index contributed by atoms with van der Waals surface area (Å²) in [6, 6.07) is 0. The Hall–Kier alpha value is -0.970. The van der Waals surface area contributed by atoms with Crippen molar-refractivity contribution in [3.05, 3.63) is 22.1 Å². The normalized spacial score (nSPS) is 17.2. The molecule has 0 atom stereocenters. The summed E-state index contributed by atoms with van der Waals surface area (Å²) < 4.78 is 25.2. The van der Waals surface area contributed by atoms with Gasteiger partial charge in [0.1, 0.15) is 4.75 Å². The Kier molecular flexibility index (Phi) is 5.97. The van der Waals surface area contributed by atoms with Crippen molar-refractivity contribution in [1.29, 1.82) is 0 Å². The van der Waals surface area contributed by atoms with Crippen molar-refractivity contribution >= 4 is 33.0 Å². The number of anilines is 1. The van der Waals surface area contributed by atoms with Crippen LogP contribution in [-0.2, 0) is 14.9 Å². The highest BCUT2D eigenvalue weighted by atomic mass is 32.3. The van der Waals surface area contributed by atoms with Gasteiger partial charge >= 0.3 is 0 Å². The Morgan fingerprint density at radius 1 is 1.40 bits per heavy atom. The number of ether oxygens (including phenoxy) is 1. The Morgan fingerprint density at radius 2 is 2.08 bits per heavy atom. The van der Waals surface area contributed by atoms with Gasteiger partial charge < -0.3 is 15.2 Å². The smallest absolute Gasteiger partial charge is 0.251 e. The molecule has 1 aliphatic rings. The fourth-order valence-electron chi connectivity index (χ4n) is 2.20. The summed E-state index contributed by atoms with van der Waals surface area (Å²) >= 11 is 1.24. The van der Waals surface area contributed by atoms with E-state index < -0.39 is 26.7 Å². The van der Waals surface area contributed by atoms with E-state index in [0.717, 1.165) is 0 Å². The molecule has 0 bridgehead atoms. The monoisotopic (exact) mass is 390 g/mol. The van der Waals surface area contributed by atoms with E-state index in [-0.39, 0.29) is 6.61 Å². The summed E-state index contributed by atoms with van der Waals surface area (Å²) in [7, 11) is -3.30. The highest BCUT2D eigenvalue weighted by Gasteiger charge is 2.44. The van der Waals surface area contributed by atoms with E-state index in [0.29, 0.717) is 35.4 Å². The zero-order valence-corrected chi connectivity index (χ0v) is 16.5. The Morgan fingerprint density at radius 3 is 2.64 bits per heavy atom. The molecule has 7 nitrogen and oxygen atoms in total. The number of rotatable bonds is 6. The van der Waals surface area contributed by atoms with Crippen molar-refractivity contribution in [3.63, 3.8) is 0 Å². The second-order valence-electron chi connectivity index (χ2n) is 7.09. The molecule has 0 radical (unpaired) electrons. The molecule has 4 N–H and O–H groups in total. The van der Waals surface area contributed by atoms with E-state index in [1.54, 1.807) is 11.5 Å². The van der Waals surface area contributed by atoms with Crippen molar-refractivity contribution in [1.82, 2.24) is 4.98 Å². The van der Waals surface area contributed by atoms with Crippen molar-refractivity contribution in [2.24, 2.45) is 0 Å². The molecule has 1 aliphatic heterocycles. The average molecular weight is 391 g/mol. The first kappa shape index (κ1) is 20.3. The van der Waals surface area contributed by atoms with Gasteiger partial charge in [-0.05, 0) is 19.9 Å².